The van der Waals surface area contributed by atoms with E-state index in [2.05, 4.69) is 23.2 Å². The lowest BCUT2D eigenvalue weighted by Gasteiger charge is -2.29. The average molecular weight is 260 g/mol. The first-order valence-electron chi connectivity index (χ1n) is 6.91. The van der Waals surface area contributed by atoms with Gasteiger partial charge in [0, 0.05) is 0 Å². The molecule has 2 aromatic rings. The normalized spacial score (nSPS) is 19.2. The standard InChI is InChI=1S/C15H20N2S/c16-9-13(11-4-2-1-3-5-11)12-6-7-15-14(8-12)17-10-18-15/h6-8,10-11,13H,1-5,9,16H2. The molecule has 18 heavy (non-hydrogen) atoms. The largest absolute Gasteiger partial charge is 0.330 e. The van der Waals surface area contributed by atoms with Gasteiger partial charge in [0.05, 0.1) is 15.7 Å². The molecule has 0 amide bonds. The van der Waals surface area contributed by atoms with E-state index in [1.165, 1.54) is 42.4 Å². The third kappa shape index (κ3) is 2.29. The van der Waals surface area contributed by atoms with Gasteiger partial charge >= 0.3 is 0 Å². The summed E-state index contributed by atoms with van der Waals surface area (Å²) in [4.78, 5) is 4.42. The van der Waals surface area contributed by atoms with Crippen LogP contribution < -0.4 is 5.73 Å². The number of aromatic nitrogens is 1. The van der Waals surface area contributed by atoms with Crippen molar-refractivity contribution in [2.24, 2.45) is 11.7 Å². The lowest BCUT2D eigenvalue weighted by atomic mass is 9.77. The highest BCUT2D eigenvalue weighted by atomic mass is 32.1. The van der Waals surface area contributed by atoms with E-state index in [0.29, 0.717) is 5.92 Å². The lowest BCUT2D eigenvalue weighted by Crippen LogP contribution is -2.23. The molecule has 0 saturated heterocycles. The first-order valence-corrected chi connectivity index (χ1v) is 7.79. The van der Waals surface area contributed by atoms with Gasteiger partial charge in [-0.25, -0.2) is 4.98 Å². The second-order valence-corrected chi connectivity index (χ2v) is 6.21. The van der Waals surface area contributed by atoms with E-state index in [9.17, 15) is 0 Å². The molecule has 1 saturated carbocycles. The first kappa shape index (κ1) is 12.1. The molecule has 1 fully saturated rings. The van der Waals surface area contributed by atoms with Crippen molar-refractivity contribution in [3.8, 4) is 0 Å². The van der Waals surface area contributed by atoms with Crippen molar-refractivity contribution in [1.82, 2.24) is 4.98 Å². The van der Waals surface area contributed by atoms with Crippen LogP contribution in [0.25, 0.3) is 10.2 Å². The van der Waals surface area contributed by atoms with Gasteiger partial charge in [-0.3, -0.25) is 0 Å². The Balaban J connectivity index is 1.89. The molecular weight excluding hydrogens is 240 g/mol. The minimum atomic E-state index is 0.524. The van der Waals surface area contributed by atoms with Crippen molar-refractivity contribution in [2.45, 2.75) is 38.0 Å². The van der Waals surface area contributed by atoms with Crippen molar-refractivity contribution in [1.29, 1.82) is 0 Å². The second kappa shape index (κ2) is 5.37. The van der Waals surface area contributed by atoms with Crippen molar-refractivity contribution >= 4 is 21.6 Å². The van der Waals surface area contributed by atoms with Gasteiger partial charge in [-0.05, 0) is 48.9 Å². The highest BCUT2D eigenvalue weighted by Crippen LogP contribution is 2.36. The highest BCUT2D eigenvalue weighted by Gasteiger charge is 2.24. The van der Waals surface area contributed by atoms with Gasteiger partial charge in [-0.15, -0.1) is 11.3 Å². The van der Waals surface area contributed by atoms with Crippen LogP contribution in [0.5, 0.6) is 0 Å². The predicted molar refractivity (Wildman–Crippen MR) is 78.0 cm³/mol. The van der Waals surface area contributed by atoms with Crippen LogP contribution in [0.3, 0.4) is 0 Å². The third-order valence-corrected chi connectivity index (χ3v) is 5.07. The molecular formula is C15H20N2S. The molecule has 1 aliphatic carbocycles. The summed E-state index contributed by atoms with van der Waals surface area (Å²) in [7, 11) is 0. The molecule has 1 atom stereocenters. The number of rotatable bonds is 3. The van der Waals surface area contributed by atoms with Gasteiger partial charge in [0.15, 0.2) is 0 Å². The smallest absolute Gasteiger partial charge is 0.0814 e. The van der Waals surface area contributed by atoms with Gasteiger partial charge in [0.25, 0.3) is 0 Å². The Bertz CT molecular complexity index is 514. The van der Waals surface area contributed by atoms with Crippen molar-refractivity contribution in [3.63, 3.8) is 0 Å². The van der Waals surface area contributed by atoms with Gasteiger partial charge < -0.3 is 5.73 Å². The minimum Gasteiger partial charge on any atom is -0.330 e. The Hall–Kier alpha value is -0.930. The van der Waals surface area contributed by atoms with Gasteiger partial charge in [-0.1, -0.05) is 25.3 Å². The van der Waals surface area contributed by atoms with Crippen LogP contribution in [0.15, 0.2) is 23.7 Å². The molecule has 2 N–H and O–H groups in total. The van der Waals surface area contributed by atoms with Crippen LogP contribution in [0, 0.1) is 5.92 Å². The Kier molecular flexibility index (Phi) is 3.62. The van der Waals surface area contributed by atoms with E-state index in [4.69, 9.17) is 5.73 Å². The molecule has 0 spiro atoms. The zero-order chi connectivity index (χ0) is 12.4. The summed E-state index contributed by atoms with van der Waals surface area (Å²) in [6.45, 7) is 0.764. The van der Waals surface area contributed by atoms with Gasteiger partial charge in [0.2, 0.25) is 0 Å². The van der Waals surface area contributed by atoms with Crippen LogP contribution in [0.4, 0.5) is 0 Å². The minimum absolute atomic E-state index is 0.524. The maximum absolute atomic E-state index is 6.04. The van der Waals surface area contributed by atoms with Crippen LogP contribution >= 0.6 is 11.3 Å². The number of fused-ring (bicyclic) bond motifs is 1. The van der Waals surface area contributed by atoms with E-state index in [0.717, 1.165) is 18.0 Å². The lowest BCUT2D eigenvalue weighted by molar-refractivity contribution is 0.307. The first-order chi connectivity index (χ1) is 8.88. The molecule has 1 heterocycles. The van der Waals surface area contributed by atoms with E-state index in [1.807, 2.05) is 5.51 Å². The van der Waals surface area contributed by atoms with Crippen LogP contribution in [0.1, 0.15) is 43.6 Å². The predicted octanol–water partition coefficient (Wildman–Crippen LogP) is 3.92. The summed E-state index contributed by atoms with van der Waals surface area (Å²) in [5, 5.41) is 0. The number of hydrogen-bond donors (Lipinski definition) is 1. The number of benzene rings is 1. The third-order valence-electron chi connectivity index (χ3n) is 4.26. The molecule has 1 aromatic carbocycles. The molecule has 0 radical (unpaired) electrons. The van der Waals surface area contributed by atoms with E-state index >= 15 is 0 Å². The fourth-order valence-corrected chi connectivity index (χ4v) is 3.90. The molecule has 1 unspecified atom stereocenters. The molecule has 1 aromatic heterocycles. The summed E-state index contributed by atoms with van der Waals surface area (Å²) in [6.07, 6.45) is 6.84. The van der Waals surface area contributed by atoms with Crippen LogP contribution in [-0.4, -0.2) is 11.5 Å². The van der Waals surface area contributed by atoms with Crippen molar-refractivity contribution in [2.75, 3.05) is 6.54 Å². The number of nitrogens with zero attached hydrogens (tertiary/aromatic N) is 1. The number of hydrogen-bond acceptors (Lipinski definition) is 3. The van der Waals surface area contributed by atoms with E-state index in [1.54, 1.807) is 11.3 Å². The number of thiazole rings is 1. The SMILES string of the molecule is NCC(c1ccc2scnc2c1)C1CCCCC1. The maximum atomic E-state index is 6.04. The summed E-state index contributed by atoms with van der Waals surface area (Å²) in [6, 6.07) is 6.71. The van der Waals surface area contributed by atoms with Gasteiger partial charge in [-0.2, -0.15) is 0 Å². The molecule has 0 bridgehead atoms. The molecule has 0 aliphatic heterocycles. The molecule has 1 aliphatic rings. The summed E-state index contributed by atoms with van der Waals surface area (Å²) in [5.41, 5.74) is 10.5. The molecule has 3 heteroatoms. The fraction of sp³-hybridized carbons (Fsp3) is 0.533. The number of nitrogens with two attached hydrogens (primary N) is 1. The van der Waals surface area contributed by atoms with Gasteiger partial charge in [0.1, 0.15) is 0 Å². The fourth-order valence-electron chi connectivity index (χ4n) is 3.24. The second-order valence-electron chi connectivity index (χ2n) is 5.32. The monoisotopic (exact) mass is 260 g/mol. The molecule has 3 rings (SSSR count). The zero-order valence-corrected chi connectivity index (χ0v) is 11.5. The maximum Gasteiger partial charge on any atom is 0.0814 e. The molecule has 2 nitrogen and oxygen atoms in total. The highest BCUT2D eigenvalue weighted by molar-refractivity contribution is 7.16. The quantitative estimate of drug-likeness (QED) is 0.908. The Morgan fingerprint density at radius 3 is 2.89 bits per heavy atom. The topological polar surface area (TPSA) is 38.9 Å². The summed E-state index contributed by atoms with van der Waals surface area (Å²) < 4.78 is 1.28. The Morgan fingerprint density at radius 2 is 2.11 bits per heavy atom. The summed E-state index contributed by atoms with van der Waals surface area (Å²) >= 11 is 1.71. The van der Waals surface area contributed by atoms with E-state index < -0.39 is 0 Å². The van der Waals surface area contributed by atoms with E-state index in [-0.39, 0.29) is 0 Å². The molecule has 96 valence electrons. The van der Waals surface area contributed by atoms with Crippen molar-refractivity contribution < 1.29 is 0 Å². The Labute approximate surface area is 112 Å². The van der Waals surface area contributed by atoms with Crippen LogP contribution in [-0.2, 0) is 0 Å². The summed E-state index contributed by atoms with van der Waals surface area (Å²) in [5.74, 6) is 1.30. The Morgan fingerprint density at radius 1 is 1.28 bits per heavy atom. The average Bonchev–Trinajstić information content (AvgIpc) is 2.88. The van der Waals surface area contributed by atoms with Crippen LogP contribution in [0.2, 0.25) is 0 Å². The van der Waals surface area contributed by atoms with Crippen molar-refractivity contribution in [3.05, 3.63) is 29.3 Å². The zero-order valence-electron chi connectivity index (χ0n) is 10.6.